The number of nitrogens with zero attached hydrogens (tertiary/aromatic N) is 1. The van der Waals surface area contributed by atoms with Crippen molar-refractivity contribution >= 4 is 41.2 Å². The monoisotopic (exact) mass is 594 g/mol. The molecule has 2 amide bonds. The summed E-state index contributed by atoms with van der Waals surface area (Å²) in [6.07, 6.45) is -3.07. The number of carbonyl (C=O) groups is 3. The van der Waals surface area contributed by atoms with Crippen molar-refractivity contribution in [3.05, 3.63) is 58.1 Å². The summed E-state index contributed by atoms with van der Waals surface area (Å²) >= 11 is 12.3. The lowest BCUT2D eigenvalue weighted by molar-refractivity contribution is -0.161. The van der Waals surface area contributed by atoms with E-state index < -0.39 is 47.9 Å². The Morgan fingerprint density at radius 1 is 1.05 bits per heavy atom. The normalized spacial score (nSPS) is 17.6. The van der Waals surface area contributed by atoms with Crippen LogP contribution in [-0.4, -0.2) is 76.1 Å². The second-order valence-electron chi connectivity index (χ2n) is 10.7. The van der Waals surface area contributed by atoms with Crippen molar-refractivity contribution < 1.29 is 34.1 Å². The molecule has 1 fully saturated rings. The van der Waals surface area contributed by atoms with E-state index in [-0.39, 0.29) is 13.0 Å². The molecular weight excluding hydrogens is 559 g/mol. The number of rotatable bonds is 9. The van der Waals surface area contributed by atoms with Gasteiger partial charge in [0.1, 0.15) is 17.7 Å². The number of aliphatic hydroxyl groups is 2. The Kier molecular flexibility index (Phi) is 10.8. The second kappa shape index (κ2) is 13.7. The number of halogens is 2. The molecular formula is C29H36Cl2N2O7. The van der Waals surface area contributed by atoms with Gasteiger partial charge in [-0.1, -0.05) is 47.5 Å². The first-order valence-electron chi connectivity index (χ1n) is 13.2. The fraction of sp³-hybridized carbons (Fsp3) is 0.483. The Bertz CT molecular complexity index is 1180. The molecule has 11 heteroatoms. The minimum Gasteiger partial charge on any atom is -0.464 e. The summed E-state index contributed by atoms with van der Waals surface area (Å²) < 4.78 is 10.3. The fourth-order valence-electron chi connectivity index (χ4n) is 4.51. The van der Waals surface area contributed by atoms with Crippen molar-refractivity contribution in [1.29, 1.82) is 0 Å². The Labute approximate surface area is 244 Å². The van der Waals surface area contributed by atoms with Crippen LogP contribution >= 0.6 is 23.2 Å². The van der Waals surface area contributed by atoms with E-state index in [0.29, 0.717) is 35.0 Å². The summed E-state index contributed by atoms with van der Waals surface area (Å²) in [5.74, 6) is -1.52. The largest absolute Gasteiger partial charge is 0.464 e. The standard InChI is InChI=1S/C29H36Cl2N2O7/c1-5-39-27(37)25(35)24(34)22(32-26(36)23-7-6-12-33(23)28(38)40-29(2,3)4)13-17-8-10-18(11-9-17)19-14-20(30)16-21(31)15-19/h8-11,14-16,22-25,34-35H,5-7,12-13H2,1-4H3,(H,32,36)/t22?,23-,24?,25?/m0/s1. The van der Waals surface area contributed by atoms with E-state index in [1.807, 2.05) is 12.1 Å². The van der Waals surface area contributed by atoms with Gasteiger partial charge in [-0.15, -0.1) is 0 Å². The maximum absolute atomic E-state index is 13.4. The van der Waals surface area contributed by atoms with Crippen molar-refractivity contribution in [2.45, 2.75) is 76.9 Å². The minimum absolute atomic E-state index is 0.0154. The fourth-order valence-corrected chi connectivity index (χ4v) is 5.04. The third kappa shape index (κ3) is 8.57. The van der Waals surface area contributed by atoms with Crippen molar-refractivity contribution in [2.75, 3.05) is 13.2 Å². The molecule has 0 radical (unpaired) electrons. The number of likely N-dealkylation sites (tertiary alicyclic amines) is 1. The predicted octanol–water partition coefficient (Wildman–Crippen LogP) is 4.37. The van der Waals surface area contributed by atoms with E-state index in [0.717, 1.165) is 11.1 Å². The first-order chi connectivity index (χ1) is 18.8. The zero-order valence-corrected chi connectivity index (χ0v) is 24.5. The highest BCUT2D eigenvalue weighted by Crippen LogP contribution is 2.28. The van der Waals surface area contributed by atoms with E-state index in [4.69, 9.17) is 32.7 Å². The lowest BCUT2D eigenvalue weighted by atomic mass is 9.95. The van der Waals surface area contributed by atoms with Gasteiger partial charge in [-0.25, -0.2) is 9.59 Å². The molecule has 2 aromatic carbocycles. The van der Waals surface area contributed by atoms with Crippen molar-refractivity contribution in [1.82, 2.24) is 10.2 Å². The van der Waals surface area contributed by atoms with Gasteiger partial charge in [-0.2, -0.15) is 0 Å². The number of hydrogen-bond donors (Lipinski definition) is 3. The highest BCUT2D eigenvalue weighted by molar-refractivity contribution is 6.35. The van der Waals surface area contributed by atoms with Crippen LogP contribution in [-0.2, 0) is 25.5 Å². The number of nitrogens with one attached hydrogen (secondary N) is 1. The number of amides is 2. The lowest BCUT2D eigenvalue weighted by Crippen LogP contribution is -2.56. The number of hydrogen-bond acceptors (Lipinski definition) is 7. The number of carbonyl (C=O) groups excluding carboxylic acids is 3. The van der Waals surface area contributed by atoms with E-state index in [1.54, 1.807) is 58.0 Å². The molecule has 3 N–H and O–H groups in total. The van der Waals surface area contributed by atoms with Gasteiger partial charge in [0.25, 0.3) is 0 Å². The summed E-state index contributed by atoms with van der Waals surface area (Å²) in [6, 6.07) is 10.6. The summed E-state index contributed by atoms with van der Waals surface area (Å²) in [6.45, 7) is 7.17. The number of aliphatic hydroxyl groups excluding tert-OH is 2. The topological polar surface area (TPSA) is 125 Å². The molecule has 0 aromatic heterocycles. The van der Waals surface area contributed by atoms with Gasteiger partial charge in [-0.3, -0.25) is 9.69 Å². The molecule has 0 saturated carbocycles. The van der Waals surface area contributed by atoms with Crippen LogP contribution in [0.5, 0.6) is 0 Å². The highest BCUT2D eigenvalue weighted by atomic mass is 35.5. The van der Waals surface area contributed by atoms with Gasteiger partial charge >= 0.3 is 12.1 Å². The molecule has 4 atom stereocenters. The van der Waals surface area contributed by atoms with E-state index in [1.165, 1.54) is 4.90 Å². The first-order valence-corrected chi connectivity index (χ1v) is 13.9. The second-order valence-corrected chi connectivity index (χ2v) is 11.6. The van der Waals surface area contributed by atoms with Crippen LogP contribution in [0.4, 0.5) is 4.79 Å². The minimum atomic E-state index is -1.89. The molecule has 0 aliphatic carbocycles. The van der Waals surface area contributed by atoms with Gasteiger partial charge in [0, 0.05) is 16.6 Å². The Balaban J connectivity index is 1.81. The van der Waals surface area contributed by atoms with Gasteiger partial charge in [-0.05, 0) is 81.8 Å². The molecule has 1 saturated heterocycles. The molecule has 9 nitrogen and oxygen atoms in total. The smallest absolute Gasteiger partial charge is 0.410 e. The molecule has 40 heavy (non-hydrogen) atoms. The quantitative estimate of drug-likeness (QED) is 0.368. The third-order valence-electron chi connectivity index (χ3n) is 6.38. The molecule has 3 rings (SSSR count). The van der Waals surface area contributed by atoms with Crippen LogP contribution in [0.25, 0.3) is 11.1 Å². The zero-order chi connectivity index (χ0) is 29.6. The molecule has 1 aliphatic rings. The summed E-state index contributed by atoms with van der Waals surface area (Å²) in [4.78, 5) is 39.6. The SMILES string of the molecule is CCOC(=O)C(O)C(O)C(Cc1ccc(-c2cc(Cl)cc(Cl)c2)cc1)NC(=O)[C@@H]1CCCN1C(=O)OC(C)(C)C. The molecule has 2 aromatic rings. The molecule has 1 heterocycles. The van der Waals surface area contributed by atoms with Crippen LogP contribution in [0, 0.1) is 0 Å². The third-order valence-corrected chi connectivity index (χ3v) is 6.82. The maximum atomic E-state index is 13.4. The summed E-state index contributed by atoms with van der Waals surface area (Å²) in [5.41, 5.74) is 1.65. The average molecular weight is 596 g/mol. The van der Waals surface area contributed by atoms with Crippen LogP contribution in [0.3, 0.4) is 0 Å². The first kappa shape index (κ1) is 31.7. The molecule has 1 aliphatic heterocycles. The Morgan fingerprint density at radius 3 is 2.25 bits per heavy atom. The number of esters is 1. The number of ether oxygens (including phenoxy) is 2. The van der Waals surface area contributed by atoms with Crippen LogP contribution in [0.15, 0.2) is 42.5 Å². The van der Waals surface area contributed by atoms with Crippen LogP contribution < -0.4 is 5.32 Å². The summed E-state index contributed by atoms with van der Waals surface area (Å²) in [5, 5.41) is 25.2. The van der Waals surface area contributed by atoms with Crippen LogP contribution in [0.2, 0.25) is 10.0 Å². The van der Waals surface area contributed by atoms with Crippen molar-refractivity contribution in [3.8, 4) is 11.1 Å². The van der Waals surface area contributed by atoms with E-state index in [9.17, 15) is 24.6 Å². The number of benzene rings is 2. The summed E-state index contributed by atoms with van der Waals surface area (Å²) in [7, 11) is 0. The zero-order valence-electron chi connectivity index (χ0n) is 23.0. The Morgan fingerprint density at radius 2 is 1.68 bits per heavy atom. The van der Waals surface area contributed by atoms with E-state index >= 15 is 0 Å². The molecule has 0 spiro atoms. The maximum Gasteiger partial charge on any atom is 0.410 e. The van der Waals surface area contributed by atoms with Gasteiger partial charge < -0.3 is 25.0 Å². The highest BCUT2D eigenvalue weighted by Gasteiger charge is 2.39. The van der Waals surface area contributed by atoms with Crippen molar-refractivity contribution in [3.63, 3.8) is 0 Å². The lowest BCUT2D eigenvalue weighted by Gasteiger charge is -2.31. The molecule has 0 bridgehead atoms. The molecule has 218 valence electrons. The predicted molar refractivity (Wildman–Crippen MR) is 152 cm³/mol. The van der Waals surface area contributed by atoms with Crippen molar-refractivity contribution in [2.24, 2.45) is 0 Å². The van der Waals surface area contributed by atoms with Gasteiger partial charge in [0.05, 0.1) is 12.6 Å². The van der Waals surface area contributed by atoms with Gasteiger partial charge in [0.2, 0.25) is 5.91 Å². The Hall–Kier alpha value is -2.85. The average Bonchev–Trinajstić information content (AvgIpc) is 3.37. The van der Waals surface area contributed by atoms with Crippen LogP contribution in [0.1, 0.15) is 46.1 Å². The van der Waals surface area contributed by atoms with Gasteiger partial charge in [0.15, 0.2) is 6.10 Å². The van der Waals surface area contributed by atoms with E-state index in [2.05, 4.69) is 5.32 Å². The molecule has 3 unspecified atom stereocenters.